The Morgan fingerprint density at radius 3 is 2.58 bits per heavy atom. The molecule has 26 heavy (non-hydrogen) atoms. The SMILES string of the molecule is Cc1cccc(NC(=O)/C=C/c2ccc(-c3ccc([N+](=O)[O-])cc3)o2)c1. The Hall–Kier alpha value is -3.67. The summed E-state index contributed by atoms with van der Waals surface area (Å²) in [6.45, 7) is 1.95. The number of furan rings is 1. The Kier molecular flexibility index (Phi) is 4.94. The molecule has 0 radical (unpaired) electrons. The largest absolute Gasteiger partial charge is 0.457 e. The number of anilines is 1. The first-order valence-corrected chi connectivity index (χ1v) is 7.92. The molecule has 6 nitrogen and oxygen atoms in total. The van der Waals surface area contributed by atoms with Gasteiger partial charge in [-0.1, -0.05) is 12.1 Å². The molecule has 3 rings (SSSR count). The maximum atomic E-state index is 12.0. The van der Waals surface area contributed by atoms with Crippen molar-refractivity contribution in [2.24, 2.45) is 0 Å². The number of carbonyl (C=O) groups excluding carboxylic acids is 1. The van der Waals surface area contributed by atoms with Crippen LogP contribution in [0.25, 0.3) is 17.4 Å². The molecular formula is C20H16N2O4. The van der Waals surface area contributed by atoms with Gasteiger partial charge in [0, 0.05) is 29.5 Å². The van der Waals surface area contributed by atoms with Gasteiger partial charge in [-0.25, -0.2) is 0 Å². The van der Waals surface area contributed by atoms with Crippen molar-refractivity contribution in [3.63, 3.8) is 0 Å². The lowest BCUT2D eigenvalue weighted by Gasteiger charge is -2.02. The number of carbonyl (C=O) groups is 1. The maximum Gasteiger partial charge on any atom is 0.269 e. The third-order valence-electron chi connectivity index (χ3n) is 3.67. The minimum absolute atomic E-state index is 0.0215. The monoisotopic (exact) mass is 348 g/mol. The molecular weight excluding hydrogens is 332 g/mol. The Labute approximate surface area is 149 Å². The van der Waals surface area contributed by atoms with Crippen LogP contribution < -0.4 is 5.32 Å². The fourth-order valence-electron chi connectivity index (χ4n) is 2.41. The third-order valence-corrected chi connectivity index (χ3v) is 3.67. The third kappa shape index (κ3) is 4.24. The lowest BCUT2D eigenvalue weighted by Crippen LogP contribution is -2.07. The van der Waals surface area contributed by atoms with Gasteiger partial charge in [0.2, 0.25) is 5.91 Å². The van der Waals surface area contributed by atoms with Crippen LogP contribution >= 0.6 is 0 Å². The van der Waals surface area contributed by atoms with Gasteiger partial charge >= 0.3 is 0 Å². The van der Waals surface area contributed by atoms with Crippen LogP contribution in [0.1, 0.15) is 11.3 Å². The van der Waals surface area contributed by atoms with E-state index in [0.29, 0.717) is 11.5 Å². The van der Waals surface area contributed by atoms with Crippen molar-refractivity contribution in [2.45, 2.75) is 6.92 Å². The molecule has 130 valence electrons. The smallest absolute Gasteiger partial charge is 0.269 e. The van der Waals surface area contributed by atoms with Crippen LogP contribution in [-0.2, 0) is 4.79 Å². The molecule has 1 N–H and O–H groups in total. The van der Waals surface area contributed by atoms with Crippen LogP contribution in [0.5, 0.6) is 0 Å². The van der Waals surface area contributed by atoms with Gasteiger partial charge in [0.25, 0.3) is 5.69 Å². The Morgan fingerprint density at radius 2 is 1.88 bits per heavy atom. The molecule has 1 heterocycles. The molecule has 0 atom stereocenters. The second-order valence-corrected chi connectivity index (χ2v) is 5.70. The van der Waals surface area contributed by atoms with Crippen LogP contribution in [-0.4, -0.2) is 10.8 Å². The summed E-state index contributed by atoms with van der Waals surface area (Å²) in [4.78, 5) is 22.2. The van der Waals surface area contributed by atoms with Crippen molar-refractivity contribution in [1.82, 2.24) is 0 Å². The van der Waals surface area contributed by atoms with Crippen molar-refractivity contribution >= 4 is 23.4 Å². The predicted molar refractivity (Wildman–Crippen MR) is 99.6 cm³/mol. The first kappa shape index (κ1) is 17.2. The number of amides is 1. The van der Waals surface area contributed by atoms with Crippen molar-refractivity contribution in [2.75, 3.05) is 5.32 Å². The highest BCUT2D eigenvalue weighted by Crippen LogP contribution is 2.25. The Bertz CT molecular complexity index is 971. The summed E-state index contributed by atoms with van der Waals surface area (Å²) in [6.07, 6.45) is 2.96. The van der Waals surface area contributed by atoms with Gasteiger partial charge in [0.15, 0.2) is 0 Å². The summed E-state index contributed by atoms with van der Waals surface area (Å²) < 4.78 is 5.65. The lowest BCUT2D eigenvalue weighted by molar-refractivity contribution is -0.384. The highest BCUT2D eigenvalue weighted by atomic mass is 16.6. The maximum absolute atomic E-state index is 12.0. The molecule has 0 aliphatic carbocycles. The first-order chi connectivity index (χ1) is 12.5. The number of nitro benzene ring substituents is 1. The summed E-state index contributed by atoms with van der Waals surface area (Å²) >= 11 is 0. The van der Waals surface area contributed by atoms with Crippen molar-refractivity contribution in [3.8, 4) is 11.3 Å². The highest BCUT2D eigenvalue weighted by Gasteiger charge is 2.08. The number of hydrogen-bond donors (Lipinski definition) is 1. The van der Waals surface area contributed by atoms with Crippen LogP contribution in [0.2, 0.25) is 0 Å². The standard InChI is InChI=1S/C20H16N2O4/c1-14-3-2-4-16(13-14)21-20(23)12-10-18-9-11-19(26-18)15-5-7-17(8-6-15)22(24)25/h2-13H,1H3,(H,21,23)/b12-10+. The fraction of sp³-hybridized carbons (Fsp3) is 0.0500. The van der Waals surface area contributed by atoms with E-state index in [1.54, 1.807) is 30.3 Å². The number of nitrogens with one attached hydrogen (secondary N) is 1. The second-order valence-electron chi connectivity index (χ2n) is 5.70. The van der Waals surface area contributed by atoms with Gasteiger partial charge < -0.3 is 9.73 Å². The molecule has 0 saturated heterocycles. The number of benzene rings is 2. The number of nitro groups is 1. The van der Waals surface area contributed by atoms with Crippen LogP contribution in [0.3, 0.4) is 0 Å². The van der Waals surface area contributed by atoms with E-state index in [1.165, 1.54) is 18.2 Å². The number of non-ortho nitro benzene ring substituents is 1. The molecule has 3 aromatic rings. The molecule has 0 aliphatic heterocycles. The lowest BCUT2D eigenvalue weighted by atomic mass is 10.1. The van der Waals surface area contributed by atoms with E-state index in [2.05, 4.69) is 5.32 Å². The van der Waals surface area contributed by atoms with E-state index in [1.807, 2.05) is 31.2 Å². The van der Waals surface area contributed by atoms with E-state index < -0.39 is 4.92 Å². The highest BCUT2D eigenvalue weighted by molar-refractivity contribution is 6.01. The second kappa shape index (κ2) is 7.48. The van der Waals surface area contributed by atoms with Crippen molar-refractivity contribution < 1.29 is 14.1 Å². The number of aryl methyl sites for hydroxylation is 1. The van der Waals surface area contributed by atoms with Crippen LogP contribution in [0.15, 0.2) is 71.2 Å². The molecule has 1 aromatic heterocycles. The molecule has 0 spiro atoms. The van der Waals surface area contributed by atoms with Gasteiger partial charge in [-0.2, -0.15) is 0 Å². The van der Waals surface area contributed by atoms with E-state index in [-0.39, 0.29) is 11.6 Å². The average Bonchev–Trinajstić information content (AvgIpc) is 3.09. The van der Waals surface area contributed by atoms with Gasteiger partial charge in [0.1, 0.15) is 11.5 Å². The molecule has 0 aliphatic rings. The summed E-state index contributed by atoms with van der Waals surface area (Å²) in [5.41, 5.74) is 2.53. The molecule has 0 fully saturated rings. The number of rotatable bonds is 5. The van der Waals surface area contributed by atoms with E-state index in [0.717, 1.165) is 16.8 Å². The van der Waals surface area contributed by atoms with Crippen molar-refractivity contribution in [1.29, 1.82) is 0 Å². The fourth-order valence-corrected chi connectivity index (χ4v) is 2.41. The Morgan fingerprint density at radius 1 is 1.12 bits per heavy atom. The molecule has 0 bridgehead atoms. The van der Waals surface area contributed by atoms with Crippen LogP contribution in [0.4, 0.5) is 11.4 Å². The number of nitrogens with zero attached hydrogens (tertiary/aromatic N) is 1. The summed E-state index contributed by atoms with van der Waals surface area (Å²) in [5, 5.41) is 13.5. The van der Waals surface area contributed by atoms with E-state index in [4.69, 9.17) is 4.42 Å². The van der Waals surface area contributed by atoms with E-state index >= 15 is 0 Å². The van der Waals surface area contributed by atoms with Gasteiger partial charge in [-0.3, -0.25) is 14.9 Å². The Balaban J connectivity index is 1.66. The van der Waals surface area contributed by atoms with Gasteiger partial charge in [0.05, 0.1) is 4.92 Å². The van der Waals surface area contributed by atoms with Crippen molar-refractivity contribution in [3.05, 3.63) is 88.2 Å². The zero-order chi connectivity index (χ0) is 18.5. The normalized spacial score (nSPS) is 10.8. The average molecular weight is 348 g/mol. The summed E-state index contributed by atoms with van der Waals surface area (Å²) in [6, 6.07) is 17.1. The van der Waals surface area contributed by atoms with E-state index in [9.17, 15) is 14.9 Å². The topological polar surface area (TPSA) is 85.4 Å². The zero-order valence-corrected chi connectivity index (χ0v) is 14.0. The molecule has 6 heteroatoms. The quantitative estimate of drug-likeness (QED) is 0.407. The molecule has 0 unspecified atom stereocenters. The molecule has 2 aromatic carbocycles. The minimum Gasteiger partial charge on any atom is -0.457 e. The first-order valence-electron chi connectivity index (χ1n) is 7.92. The van der Waals surface area contributed by atoms with Crippen LogP contribution in [0, 0.1) is 17.0 Å². The number of hydrogen-bond acceptors (Lipinski definition) is 4. The molecule has 0 saturated carbocycles. The van der Waals surface area contributed by atoms with Gasteiger partial charge in [-0.05, 0) is 55.0 Å². The predicted octanol–water partition coefficient (Wildman–Crippen LogP) is 4.82. The van der Waals surface area contributed by atoms with Gasteiger partial charge in [-0.15, -0.1) is 0 Å². The summed E-state index contributed by atoms with van der Waals surface area (Å²) in [7, 11) is 0. The molecule has 1 amide bonds. The zero-order valence-electron chi connectivity index (χ0n) is 14.0. The summed E-state index contributed by atoms with van der Waals surface area (Å²) in [5.74, 6) is 0.820. The minimum atomic E-state index is -0.451.